The molecular weight excluding hydrogens is 379 g/mol. The van der Waals surface area contributed by atoms with E-state index in [-0.39, 0.29) is 11.7 Å². The van der Waals surface area contributed by atoms with Crippen LogP contribution in [-0.2, 0) is 11.8 Å². The lowest BCUT2D eigenvalue weighted by atomic mass is 10.2. The van der Waals surface area contributed by atoms with Crippen LogP contribution in [0, 0.1) is 0 Å². The summed E-state index contributed by atoms with van der Waals surface area (Å²) in [6, 6.07) is 13.0. The molecule has 1 N–H and O–H groups in total. The largest absolute Gasteiger partial charge is 0.322 e. The number of para-hydroxylation sites is 2. The number of fused-ring (bicyclic) bond motifs is 1. The van der Waals surface area contributed by atoms with E-state index in [1.165, 1.54) is 18.0 Å². The molecule has 8 heteroatoms. The minimum atomic E-state index is -0.239. The minimum Gasteiger partial charge on any atom is -0.322 e. The zero-order valence-electron chi connectivity index (χ0n) is 13.2. The Labute approximate surface area is 159 Å². The number of hydrogen-bond donors (Lipinski definition) is 1. The van der Waals surface area contributed by atoms with Crippen molar-refractivity contribution in [3.63, 3.8) is 0 Å². The predicted molar refractivity (Wildman–Crippen MR) is 104 cm³/mol. The van der Waals surface area contributed by atoms with Crippen molar-refractivity contribution in [2.75, 3.05) is 5.75 Å². The number of aryl methyl sites for hydroxylation is 1. The summed E-state index contributed by atoms with van der Waals surface area (Å²) in [6.45, 7) is 0. The van der Waals surface area contributed by atoms with Crippen LogP contribution in [0.3, 0.4) is 0 Å². The zero-order valence-corrected chi connectivity index (χ0v) is 15.6. The van der Waals surface area contributed by atoms with Crippen molar-refractivity contribution in [1.29, 1.82) is 0 Å². The van der Waals surface area contributed by atoms with Crippen LogP contribution in [0.5, 0.6) is 0 Å². The molecule has 3 rings (SSSR count). The smallest absolute Gasteiger partial charge is 0.250 e. The van der Waals surface area contributed by atoms with Gasteiger partial charge in [0.1, 0.15) is 0 Å². The van der Waals surface area contributed by atoms with E-state index in [1.807, 2.05) is 35.9 Å². The first-order chi connectivity index (χ1) is 12.1. The van der Waals surface area contributed by atoms with E-state index in [2.05, 4.69) is 15.5 Å². The number of nitrogens with one attached hydrogen (secondary N) is 1. The Morgan fingerprint density at radius 2 is 1.96 bits per heavy atom. The summed E-state index contributed by atoms with van der Waals surface area (Å²) in [5.41, 5.74) is 4.96. The summed E-state index contributed by atoms with van der Waals surface area (Å²) in [4.78, 5) is 16.5. The number of aromatic nitrogens is 2. The number of amides is 1. The Balaban J connectivity index is 1.59. The molecule has 128 valence electrons. The third-order valence-electron chi connectivity index (χ3n) is 3.46. The topological polar surface area (TPSA) is 59.3 Å². The van der Waals surface area contributed by atoms with E-state index < -0.39 is 0 Å². The van der Waals surface area contributed by atoms with Crippen LogP contribution >= 0.6 is 35.0 Å². The van der Waals surface area contributed by atoms with Crippen LogP contribution in [0.15, 0.2) is 52.7 Å². The first-order valence-corrected chi connectivity index (χ1v) is 9.10. The van der Waals surface area contributed by atoms with Crippen molar-refractivity contribution < 1.29 is 4.79 Å². The van der Waals surface area contributed by atoms with E-state index in [0.29, 0.717) is 15.6 Å². The standard InChI is InChI=1S/C17H14Cl2N4OS/c1-23-15-8-3-2-7-14(15)21-17(23)25-10-16(24)22-20-9-11-12(18)5-4-6-13(11)19/h2-9H,10H2,1H3,(H,22,24)/b20-9+. The molecule has 0 aliphatic carbocycles. The number of halogens is 2. The van der Waals surface area contributed by atoms with Crippen molar-refractivity contribution >= 4 is 58.1 Å². The lowest BCUT2D eigenvalue weighted by Crippen LogP contribution is -2.20. The Bertz CT molecular complexity index is 935. The highest BCUT2D eigenvalue weighted by Gasteiger charge is 2.10. The monoisotopic (exact) mass is 392 g/mol. The molecule has 1 aromatic heterocycles. The van der Waals surface area contributed by atoms with Gasteiger partial charge in [-0.1, -0.05) is 53.2 Å². The number of rotatable bonds is 5. The van der Waals surface area contributed by atoms with Gasteiger partial charge in [0.2, 0.25) is 0 Å². The summed E-state index contributed by atoms with van der Waals surface area (Å²) < 4.78 is 1.96. The number of hydrogen-bond acceptors (Lipinski definition) is 4. The van der Waals surface area contributed by atoms with E-state index in [9.17, 15) is 4.79 Å². The molecule has 0 aliphatic rings. The normalized spacial score (nSPS) is 11.3. The van der Waals surface area contributed by atoms with E-state index in [1.54, 1.807) is 18.2 Å². The molecule has 0 bridgehead atoms. The quantitative estimate of drug-likeness (QED) is 0.403. The van der Waals surface area contributed by atoms with Gasteiger partial charge in [-0.3, -0.25) is 4.79 Å². The molecule has 0 unspecified atom stereocenters. The second-order valence-corrected chi connectivity index (χ2v) is 6.92. The number of nitrogens with zero attached hydrogens (tertiary/aromatic N) is 3. The van der Waals surface area contributed by atoms with Gasteiger partial charge in [-0.05, 0) is 24.3 Å². The molecule has 0 aliphatic heterocycles. The fraction of sp³-hybridized carbons (Fsp3) is 0.118. The highest BCUT2D eigenvalue weighted by atomic mass is 35.5. The number of thioether (sulfide) groups is 1. The van der Waals surface area contributed by atoms with Gasteiger partial charge in [0, 0.05) is 12.6 Å². The molecular formula is C17H14Cl2N4OS. The number of imidazole rings is 1. The van der Waals surface area contributed by atoms with Gasteiger partial charge in [-0.25, -0.2) is 10.4 Å². The molecule has 2 aromatic carbocycles. The Kier molecular flexibility index (Phi) is 5.63. The lowest BCUT2D eigenvalue weighted by molar-refractivity contribution is -0.118. The fourth-order valence-corrected chi connectivity index (χ4v) is 3.49. The van der Waals surface area contributed by atoms with Gasteiger partial charge in [0.15, 0.2) is 5.16 Å². The number of carbonyl (C=O) groups excluding carboxylic acids is 1. The fourth-order valence-electron chi connectivity index (χ4n) is 2.22. The maximum Gasteiger partial charge on any atom is 0.250 e. The van der Waals surface area contributed by atoms with Gasteiger partial charge in [-0.2, -0.15) is 5.10 Å². The van der Waals surface area contributed by atoms with E-state index in [0.717, 1.165) is 16.2 Å². The molecule has 1 amide bonds. The predicted octanol–water partition coefficient (Wildman–Crippen LogP) is 4.12. The van der Waals surface area contributed by atoms with Gasteiger partial charge in [-0.15, -0.1) is 0 Å². The SMILES string of the molecule is Cn1c(SCC(=O)N/N=C/c2c(Cl)cccc2Cl)nc2ccccc21. The van der Waals surface area contributed by atoms with Gasteiger partial charge >= 0.3 is 0 Å². The van der Waals surface area contributed by atoms with Crippen molar-refractivity contribution in [1.82, 2.24) is 15.0 Å². The first kappa shape index (κ1) is 17.8. The third kappa shape index (κ3) is 4.15. The Morgan fingerprint density at radius 3 is 2.68 bits per heavy atom. The minimum absolute atomic E-state index is 0.199. The Hall–Kier alpha value is -2.02. The van der Waals surface area contributed by atoms with Crippen LogP contribution in [0.1, 0.15) is 5.56 Å². The summed E-state index contributed by atoms with van der Waals surface area (Å²) in [6.07, 6.45) is 1.43. The summed E-state index contributed by atoms with van der Waals surface area (Å²) in [5.74, 6) is -0.0402. The van der Waals surface area contributed by atoms with Crippen molar-refractivity contribution in [3.05, 3.63) is 58.1 Å². The Morgan fingerprint density at radius 1 is 1.24 bits per heavy atom. The van der Waals surface area contributed by atoms with Crippen LogP contribution in [-0.4, -0.2) is 27.4 Å². The van der Waals surface area contributed by atoms with Crippen molar-refractivity contribution in [2.24, 2.45) is 12.1 Å². The zero-order chi connectivity index (χ0) is 17.8. The molecule has 0 atom stereocenters. The second kappa shape index (κ2) is 7.91. The van der Waals surface area contributed by atoms with E-state index >= 15 is 0 Å². The van der Waals surface area contributed by atoms with E-state index in [4.69, 9.17) is 23.2 Å². The number of hydrazone groups is 1. The molecule has 0 spiro atoms. The molecule has 0 radical (unpaired) electrons. The van der Waals surface area contributed by atoms with Gasteiger partial charge < -0.3 is 4.57 Å². The maximum absolute atomic E-state index is 12.0. The van der Waals surface area contributed by atoms with Crippen LogP contribution in [0.4, 0.5) is 0 Å². The molecule has 0 fully saturated rings. The van der Waals surface area contributed by atoms with Crippen molar-refractivity contribution in [2.45, 2.75) is 5.16 Å². The average Bonchev–Trinajstić information content (AvgIpc) is 2.92. The summed E-state index contributed by atoms with van der Waals surface area (Å²) >= 11 is 13.4. The van der Waals surface area contributed by atoms with Crippen LogP contribution < -0.4 is 5.43 Å². The molecule has 0 saturated carbocycles. The number of carbonyl (C=O) groups is 1. The van der Waals surface area contributed by atoms with Crippen LogP contribution in [0.25, 0.3) is 11.0 Å². The van der Waals surface area contributed by atoms with Crippen molar-refractivity contribution in [3.8, 4) is 0 Å². The lowest BCUT2D eigenvalue weighted by Gasteiger charge is -2.02. The summed E-state index contributed by atoms with van der Waals surface area (Å²) in [5, 5.41) is 5.62. The van der Waals surface area contributed by atoms with Gasteiger partial charge in [0.05, 0.1) is 33.0 Å². The molecule has 0 saturated heterocycles. The molecule has 5 nitrogen and oxygen atoms in total. The molecule has 1 heterocycles. The third-order valence-corrected chi connectivity index (χ3v) is 5.15. The number of benzene rings is 2. The maximum atomic E-state index is 12.0. The molecule has 25 heavy (non-hydrogen) atoms. The van der Waals surface area contributed by atoms with Crippen LogP contribution in [0.2, 0.25) is 10.0 Å². The second-order valence-electron chi connectivity index (χ2n) is 5.16. The average molecular weight is 393 g/mol. The van der Waals surface area contributed by atoms with Gasteiger partial charge in [0.25, 0.3) is 5.91 Å². The highest BCUT2D eigenvalue weighted by Crippen LogP contribution is 2.23. The molecule has 3 aromatic rings. The first-order valence-electron chi connectivity index (χ1n) is 7.36. The summed E-state index contributed by atoms with van der Waals surface area (Å²) in [7, 11) is 1.92. The highest BCUT2D eigenvalue weighted by molar-refractivity contribution is 7.99.